The van der Waals surface area contributed by atoms with Crippen LogP contribution >= 0.6 is 46.7 Å². The first-order chi connectivity index (χ1) is 12.0. The summed E-state index contributed by atoms with van der Waals surface area (Å²) in [5, 5.41) is 13.3. The van der Waals surface area contributed by atoms with Crippen molar-refractivity contribution in [1.29, 1.82) is 0 Å². The van der Waals surface area contributed by atoms with Crippen LogP contribution < -0.4 is 5.32 Å². The van der Waals surface area contributed by atoms with Crippen LogP contribution in [-0.2, 0) is 0 Å². The van der Waals surface area contributed by atoms with E-state index in [1.807, 2.05) is 37.4 Å². The average Bonchev–Trinajstić information content (AvgIpc) is 2.58. The van der Waals surface area contributed by atoms with Gasteiger partial charge in [-0.25, -0.2) is 0 Å². The van der Waals surface area contributed by atoms with Gasteiger partial charge in [0.25, 0.3) is 5.91 Å². The minimum Gasteiger partial charge on any atom is -0.395 e. The highest BCUT2D eigenvalue weighted by molar-refractivity contribution is 7.99. The number of hydrogen-bond acceptors (Lipinski definition) is 4. The van der Waals surface area contributed by atoms with Crippen molar-refractivity contribution in [3.63, 3.8) is 0 Å². The number of aliphatic hydroxyl groups excluding tert-OH is 1. The number of rotatable bonds is 7. The Morgan fingerprint density at radius 3 is 2.48 bits per heavy atom. The van der Waals surface area contributed by atoms with Gasteiger partial charge in [-0.05, 0) is 49.6 Å². The molecule has 0 saturated carbocycles. The van der Waals surface area contributed by atoms with E-state index in [2.05, 4.69) is 5.32 Å². The number of carbonyl (C=O) groups is 1. The predicted octanol–water partition coefficient (Wildman–Crippen LogP) is 4.99. The summed E-state index contributed by atoms with van der Waals surface area (Å²) in [6.07, 6.45) is 1.90. The van der Waals surface area contributed by atoms with E-state index in [1.165, 1.54) is 23.5 Å². The second-order valence-electron chi connectivity index (χ2n) is 5.39. The molecule has 2 N–H and O–H groups in total. The molecule has 0 saturated heterocycles. The second-order valence-corrected chi connectivity index (χ2v) is 8.42. The molecule has 1 amide bonds. The van der Waals surface area contributed by atoms with E-state index >= 15 is 0 Å². The van der Waals surface area contributed by atoms with Gasteiger partial charge in [-0.1, -0.05) is 41.0 Å². The number of nitrogens with one attached hydrogen (secondary N) is 1. The molecule has 2 atom stereocenters. The fourth-order valence-electron chi connectivity index (χ4n) is 2.25. The van der Waals surface area contributed by atoms with Gasteiger partial charge in [0.2, 0.25) is 0 Å². The lowest BCUT2D eigenvalue weighted by Crippen LogP contribution is -2.41. The summed E-state index contributed by atoms with van der Waals surface area (Å²) in [5.41, 5.74) is 0.439. The number of thioether (sulfide) groups is 1. The van der Waals surface area contributed by atoms with E-state index in [1.54, 1.807) is 18.2 Å². The molecule has 0 aliphatic rings. The number of halogens is 2. The van der Waals surface area contributed by atoms with Crippen LogP contribution in [0.4, 0.5) is 0 Å². The summed E-state index contributed by atoms with van der Waals surface area (Å²) in [7, 11) is 0. The largest absolute Gasteiger partial charge is 0.395 e. The normalized spacial score (nSPS) is 13.3. The van der Waals surface area contributed by atoms with E-state index in [4.69, 9.17) is 23.2 Å². The molecule has 0 fully saturated rings. The Balaban J connectivity index is 2.24. The predicted molar refractivity (Wildman–Crippen MR) is 108 cm³/mol. The van der Waals surface area contributed by atoms with Gasteiger partial charge in [0, 0.05) is 26.1 Å². The molecule has 134 valence electrons. The summed E-state index contributed by atoms with van der Waals surface area (Å²) in [5.74, 6) is -0.248. The number of amides is 1. The number of benzene rings is 2. The fraction of sp³-hybridized carbons (Fsp3) is 0.278. The van der Waals surface area contributed by atoms with E-state index in [-0.39, 0.29) is 23.8 Å². The standard InChI is InChI=1S/C18H19Cl2NO2S2/c1-11(16(10-22)24-2)21-18(23)17-14(20)4-3-5-15(17)25-13-8-6-12(19)7-9-13/h3-9,11,16,22H,10H2,1-2H3,(H,21,23). The van der Waals surface area contributed by atoms with Crippen molar-refractivity contribution in [2.24, 2.45) is 0 Å². The first kappa shape index (κ1) is 20.5. The van der Waals surface area contributed by atoms with Crippen LogP contribution in [0.2, 0.25) is 10.0 Å². The third-order valence-electron chi connectivity index (χ3n) is 3.64. The lowest BCUT2D eigenvalue weighted by atomic mass is 10.1. The molecule has 7 heteroatoms. The van der Waals surface area contributed by atoms with Gasteiger partial charge in [-0.2, -0.15) is 11.8 Å². The Morgan fingerprint density at radius 1 is 1.20 bits per heavy atom. The minimum absolute atomic E-state index is 0.00246. The molecule has 0 heterocycles. The van der Waals surface area contributed by atoms with Crippen molar-refractivity contribution in [2.45, 2.75) is 28.0 Å². The van der Waals surface area contributed by atoms with Gasteiger partial charge in [0.1, 0.15) is 0 Å². The van der Waals surface area contributed by atoms with E-state index < -0.39 is 0 Å². The molecule has 2 aromatic carbocycles. The Bertz CT molecular complexity index is 722. The molecule has 0 aliphatic carbocycles. The van der Waals surface area contributed by atoms with Crippen molar-refractivity contribution in [1.82, 2.24) is 5.32 Å². The first-order valence-corrected chi connectivity index (χ1v) is 10.5. The third-order valence-corrected chi connectivity index (χ3v) is 6.44. The lowest BCUT2D eigenvalue weighted by molar-refractivity contribution is 0.0933. The smallest absolute Gasteiger partial charge is 0.254 e. The zero-order valence-corrected chi connectivity index (χ0v) is 17.0. The Hall–Kier alpha value is -0.850. The van der Waals surface area contributed by atoms with Crippen LogP contribution in [0, 0.1) is 0 Å². The molecule has 0 radical (unpaired) electrons. The molecule has 2 rings (SSSR count). The summed E-state index contributed by atoms with van der Waals surface area (Å²) in [6, 6.07) is 12.6. The number of carbonyl (C=O) groups excluding carboxylic acids is 1. The minimum atomic E-state index is -0.248. The van der Waals surface area contributed by atoms with Crippen molar-refractivity contribution in [3.05, 3.63) is 58.1 Å². The SMILES string of the molecule is CSC(CO)C(C)NC(=O)c1c(Cl)cccc1Sc1ccc(Cl)cc1. The molecule has 2 unspecified atom stereocenters. The van der Waals surface area contributed by atoms with Crippen molar-refractivity contribution in [2.75, 3.05) is 12.9 Å². The molecule has 0 spiro atoms. The molecular formula is C18H19Cl2NO2S2. The Morgan fingerprint density at radius 2 is 1.88 bits per heavy atom. The average molecular weight is 416 g/mol. The van der Waals surface area contributed by atoms with Crippen molar-refractivity contribution >= 4 is 52.6 Å². The molecule has 0 aliphatic heterocycles. The Kier molecular flexibility index (Phi) is 7.97. The molecule has 3 nitrogen and oxygen atoms in total. The summed E-state index contributed by atoms with van der Waals surface area (Å²) in [4.78, 5) is 14.5. The van der Waals surface area contributed by atoms with Crippen molar-refractivity contribution in [3.8, 4) is 0 Å². The van der Waals surface area contributed by atoms with Crippen LogP contribution in [0.5, 0.6) is 0 Å². The van der Waals surface area contributed by atoms with E-state index in [9.17, 15) is 9.90 Å². The zero-order valence-electron chi connectivity index (χ0n) is 13.8. The third kappa shape index (κ3) is 5.56. The fourth-order valence-corrected chi connectivity index (χ4v) is 4.29. The highest BCUT2D eigenvalue weighted by Crippen LogP contribution is 2.34. The topological polar surface area (TPSA) is 49.3 Å². The van der Waals surface area contributed by atoms with Crippen molar-refractivity contribution < 1.29 is 9.90 Å². The monoisotopic (exact) mass is 415 g/mol. The van der Waals surface area contributed by atoms with E-state index in [0.717, 1.165) is 9.79 Å². The highest BCUT2D eigenvalue weighted by atomic mass is 35.5. The molecular weight excluding hydrogens is 397 g/mol. The number of aliphatic hydroxyl groups is 1. The molecule has 0 aromatic heterocycles. The summed E-state index contributed by atoms with van der Waals surface area (Å²) < 4.78 is 0. The lowest BCUT2D eigenvalue weighted by Gasteiger charge is -2.22. The van der Waals surface area contributed by atoms with Crippen LogP contribution in [0.1, 0.15) is 17.3 Å². The quantitative estimate of drug-likeness (QED) is 0.668. The molecule has 0 bridgehead atoms. The van der Waals surface area contributed by atoms with Crippen LogP contribution in [0.25, 0.3) is 0 Å². The maximum atomic E-state index is 12.8. The van der Waals surface area contributed by atoms with Gasteiger partial charge >= 0.3 is 0 Å². The maximum Gasteiger partial charge on any atom is 0.254 e. The van der Waals surface area contributed by atoms with E-state index in [0.29, 0.717) is 15.6 Å². The van der Waals surface area contributed by atoms with Gasteiger partial charge in [-0.15, -0.1) is 0 Å². The van der Waals surface area contributed by atoms with Gasteiger partial charge < -0.3 is 10.4 Å². The van der Waals surface area contributed by atoms with Gasteiger partial charge in [0.05, 0.1) is 17.2 Å². The molecule has 2 aromatic rings. The highest BCUT2D eigenvalue weighted by Gasteiger charge is 2.22. The van der Waals surface area contributed by atoms with Crippen LogP contribution in [0.15, 0.2) is 52.3 Å². The zero-order chi connectivity index (χ0) is 18.4. The van der Waals surface area contributed by atoms with Crippen LogP contribution in [-0.4, -0.2) is 35.2 Å². The number of hydrogen-bond donors (Lipinski definition) is 2. The first-order valence-electron chi connectivity index (χ1n) is 7.62. The van der Waals surface area contributed by atoms with Gasteiger partial charge in [0.15, 0.2) is 0 Å². The summed E-state index contributed by atoms with van der Waals surface area (Å²) >= 11 is 15.2. The molecule has 25 heavy (non-hydrogen) atoms. The van der Waals surface area contributed by atoms with Crippen LogP contribution in [0.3, 0.4) is 0 Å². The van der Waals surface area contributed by atoms with Gasteiger partial charge in [-0.3, -0.25) is 4.79 Å². The summed E-state index contributed by atoms with van der Waals surface area (Å²) in [6.45, 7) is 1.87. The maximum absolute atomic E-state index is 12.8. The Labute approximate surface area is 166 Å². The second kappa shape index (κ2) is 9.74.